The minimum atomic E-state index is -0.368. The largest absolute Gasteiger partial charge is 0.390 e. The molecule has 1 N–H and O–H groups in total. The normalized spacial score (nSPS) is 29.1. The van der Waals surface area contributed by atoms with Crippen LogP contribution < -0.4 is 0 Å². The van der Waals surface area contributed by atoms with E-state index in [2.05, 4.69) is 32.6 Å². The Bertz CT molecular complexity index is 254. The van der Waals surface area contributed by atoms with E-state index in [1.807, 2.05) is 0 Å². The molecule has 0 aromatic carbocycles. The third-order valence-corrected chi connectivity index (χ3v) is 4.50. The Morgan fingerprint density at radius 1 is 1.06 bits per heavy atom. The van der Waals surface area contributed by atoms with Crippen molar-refractivity contribution < 1.29 is 5.11 Å². The number of aliphatic hydroxyl groups is 1. The van der Waals surface area contributed by atoms with Gasteiger partial charge in [0, 0.05) is 18.6 Å². The molecule has 0 spiro atoms. The monoisotopic (exact) mass is 225 g/mol. The van der Waals surface area contributed by atoms with Crippen LogP contribution in [0.15, 0.2) is 0 Å². The van der Waals surface area contributed by atoms with Crippen molar-refractivity contribution >= 4 is 0 Å². The molecule has 1 aliphatic carbocycles. The van der Waals surface area contributed by atoms with E-state index in [0.717, 1.165) is 32.4 Å². The maximum Gasteiger partial charge on any atom is 0.0677 e. The summed E-state index contributed by atoms with van der Waals surface area (Å²) in [5.74, 6) is 0. The summed E-state index contributed by atoms with van der Waals surface area (Å²) in [5, 5.41) is 10.6. The Hall–Kier alpha value is -0.0800. The number of nitrogens with zero attached hydrogens (tertiary/aromatic N) is 1. The first-order valence-corrected chi connectivity index (χ1v) is 6.70. The molecular formula is C14H27NO. The molecule has 0 unspecified atom stereocenters. The van der Waals surface area contributed by atoms with Gasteiger partial charge in [-0.25, -0.2) is 0 Å². The van der Waals surface area contributed by atoms with Crippen molar-refractivity contribution in [3.8, 4) is 0 Å². The summed E-state index contributed by atoms with van der Waals surface area (Å²) in [6.07, 6.45) is 5.58. The fraction of sp³-hybridized carbons (Fsp3) is 1.00. The molecule has 1 saturated heterocycles. The third kappa shape index (κ3) is 2.78. The van der Waals surface area contributed by atoms with Crippen LogP contribution in [0.25, 0.3) is 0 Å². The molecule has 2 rings (SSSR count). The van der Waals surface area contributed by atoms with E-state index in [1.54, 1.807) is 0 Å². The molecular weight excluding hydrogens is 198 g/mol. The van der Waals surface area contributed by atoms with Crippen LogP contribution in [0.4, 0.5) is 0 Å². The summed E-state index contributed by atoms with van der Waals surface area (Å²) in [7, 11) is 0. The highest BCUT2D eigenvalue weighted by Gasteiger charge is 2.46. The molecule has 0 bridgehead atoms. The molecule has 1 heterocycles. The Labute approximate surface area is 100 Å². The predicted molar refractivity (Wildman–Crippen MR) is 67.5 cm³/mol. The van der Waals surface area contributed by atoms with Gasteiger partial charge in [0.2, 0.25) is 0 Å². The zero-order valence-corrected chi connectivity index (χ0v) is 11.3. The Kier molecular flexibility index (Phi) is 2.87. The molecule has 0 amide bonds. The predicted octanol–water partition coefficient (Wildman–Crippen LogP) is 2.80. The highest BCUT2D eigenvalue weighted by Crippen LogP contribution is 2.52. The van der Waals surface area contributed by atoms with Crippen LogP contribution in [-0.4, -0.2) is 34.2 Å². The van der Waals surface area contributed by atoms with Gasteiger partial charge in [-0.3, -0.25) is 4.90 Å². The number of likely N-dealkylation sites (tertiary alicyclic amines) is 1. The molecule has 0 aromatic heterocycles. The number of piperidine rings is 1. The van der Waals surface area contributed by atoms with Gasteiger partial charge >= 0.3 is 0 Å². The van der Waals surface area contributed by atoms with Crippen molar-refractivity contribution in [2.24, 2.45) is 5.41 Å². The molecule has 1 aliphatic heterocycles. The Morgan fingerprint density at radius 2 is 1.56 bits per heavy atom. The molecule has 2 heteroatoms. The second kappa shape index (κ2) is 3.71. The average Bonchev–Trinajstić information content (AvgIpc) is 2.81. The van der Waals surface area contributed by atoms with E-state index < -0.39 is 0 Å². The van der Waals surface area contributed by atoms with Crippen LogP contribution in [0.2, 0.25) is 0 Å². The topological polar surface area (TPSA) is 23.5 Å². The van der Waals surface area contributed by atoms with Crippen LogP contribution in [0.3, 0.4) is 0 Å². The molecule has 0 atom stereocenters. The van der Waals surface area contributed by atoms with Crippen LogP contribution in [-0.2, 0) is 0 Å². The van der Waals surface area contributed by atoms with Crippen LogP contribution in [0, 0.1) is 5.41 Å². The van der Waals surface area contributed by atoms with Gasteiger partial charge < -0.3 is 5.11 Å². The number of hydrogen-bond donors (Lipinski definition) is 1. The van der Waals surface area contributed by atoms with Gasteiger partial charge in [-0.2, -0.15) is 0 Å². The second-order valence-electron chi connectivity index (χ2n) is 7.37. The summed E-state index contributed by atoms with van der Waals surface area (Å²) in [4.78, 5) is 2.50. The summed E-state index contributed by atoms with van der Waals surface area (Å²) >= 11 is 0. The lowest BCUT2D eigenvalue weighted by molar-refractivity contribution is -0.0575. The molecule has 0 radical (unpaired) electrons. The minimum absolute atomic E-state index is 0.255. The van der Waals surface area contributed by atoms with Gasteiger partial charge in [0.1, 0.15) is 0 Å². The van der Waals surface area contributed by atoms with Crippen LogP contribution >= 0.6 is 0 Å². The van der Waals surface area contributed by atoms with E-state index in [-0.39, 0.29) is 11.1 Å². The van der Waals surface area contributed by atoms with Crippen molar-refractivity contribution in [1.82, 2.24) is 4.90 Å². The standard InChI is InChI=1S/C14H27NO/c1-12(2,3)15-9-7-14(16,8-10-15)11-13(4)5-6-13/h16H,5-11H2,1-4H3. The highest BCUT2D eigenvalue weighted by molar-refractivity contribution is 4.99. The van der Waals surface area contributed by atoms with E-state index in [4.69, 9.17) is 0 Å². The lowest BCUT2D eigenvalue weighted by atomic mass is 9.81. The second-order valence-corrected chi connectivity index (χ2v) is 7.37. The van der Waals surface area contributed by atoms with E-state index in [1.165, 1.54) is 12.8 Å². The molecule has 94 valence electrons. The molecule has 2 fully saturated rings. The lowest BCUT2D eigenvalue weighted by Gasteiger charge is -2.45. The van der Waals surface area contributed by atoms with Crippen LogP contribution in [0.5, 0.6) is 0 Å². The summed E-state index contributed by atoms with van der Waals surface area (Å²) in [6.45, 7) is 11.2. The first kappa shape index (κ1) is 12.4. The number of rotatable bonds is 2. The van der Waals surface area contributed by atoms with Crippen molar-refractivity contribution in [2.75, 3.05) is 13.1 Å². The maximum atomic E-state index is 10.6. The van der Waals surface area contributed by atoms with E-state index in [9.17, 15) is 5.11 Å². The summed E-state index contributed by atoms with van der Waals surface area (Å²) in [6, 6.07) is 0. The van der Waals surface area contributed by atoms with Gasteiger partial charge in [-0.1, -0.05) is 6.92 Å². The van der Waals surface area contributed by atoms with Gasteiger partial charge in [0.05, 0.1) is 5.60 Å². The van der Waals surface area contributed by atoms with Crippen molar-refractivity contribution in [2.45, 2.75) is 70.9 Å². The van der Waals surface area contributed by atoms with E-state index in [0.29, 0.717) is 5.41 Å². The molecule has 16 heavy (non-hydrogen) atoms. The molecule has 0 aromatic rings. The van der Waals surface area contributed by atoms with Crippen molar-refractivity contribution in [3.05, 3.63) is 0 Å². The lowest BCUT2D eigenvalue weighted by Crippen LogP contribution is -2.51. The smallest absolute Gasteiger partial charge is 0.0677 e. The van der Waals surface area contributed by atoms with Gasteiger partial charge in [-0.15, -0.1) is 0 Å². The summed E-state index contributed by atoms with van der Waals surface area (Å²) in [5.41, 5.74) is 0.358. The fourth-order valence-electron chi connectivity index (χ4n) is 2.96. The minimum Gasteiger partial charge on any atom is -0.390 e. The average molecular weight is 225 g/mol. The molecule has 2 aliphatic rings. The zero-order chi connectivity index (χ0) is 12.0. The Balaban J connectivity index is 1.88. The first-order chi connectivity index (χ1) is 7.23. The fourth-order valence-corrected chi connectivity index (χ4v) is 2.96. The van der Waals surface area contributed by atoms with Crippen molar-refractivity contribution in [1.29, 1.82) is 0 Å². The highest BCUT2D eigenvalue weighted by atomic mass is 16.3. The third-order valence-electron chi connectivity index (χ3n) is 4.50. The Morgan fingerprint density at radius 3 is 1.94 bits per heavy atom. The zero-order valence-electron chi connectivity index (χ0n) is 11.3. The molecule has 2 nitrogen and oxygen atoms in total. The van der Waals surface area contributed by atoms with Gasteiger partial charge in [0.15, 0.2) is 0 Å². The SMILES string of the molecule is CC1(CC2(O)CCN(C(C)(C)C)CC2)CC1. The molecule has 1 saturated carbocycles. The van der Waals surface area contributed by atoms with Crippen LogP contribution in [0.1, 0.15) is 59.8 Å². The summed E-state index contributed by atoms with van der Waals surface area (Å²) < 4.78 is 0. The number of hydrogen-bond acceptors (Lipinski definition) is 2. The van der Waals surface area contributed by atoms with Gasteiger partial charge in [0.25, 0.3) is 0 Å². The van der Waals surface area contributed by atoms with Crippen molar-refractivity contribution in [3.63, 3.8) is 0 Å². The first-order valence-electron chi connectivity index (χ1n) is 6.70. The van der Waals surface area contributed by atoms with E-state index >= 15 is 0 Å². The maximum absolute atomic E-state index is 10.6. The van der Waals surface area contributed by atoms with Gasteiger partial charge in [-0.05, 0) is 58.3 Å². The quantitative estimate of drug-likeness (QED) is 0.781.